The third-order valence-corrected chi connectivity index (χ3v) is 1.99. The maximum Gasteiger partial charge on any atom is 0.208 e. The Kier molecular flexibility index (Phi) is 1.85. The smallest absolute Gasteiger partial charge is 0.208 e. The number of likely N-dealkylation sites (N-methyl/N-ethyl adjacent to an activating group) is 1. The van der Waals surface area contributed by atoms with Crippen molar-refractivity contribution in [2.75, 3.05) is 7.05 Å². The lowest BCUT2D eigenvalue weighted by Crippen LogP contribution is -2.34. The molecule has 0 fully saturated rings. The molecule has 0 aliphatic heterocycles. The molecule has 0 amide bonds. The molecule has 0 atom stereocenters. The van der Waals surface area contributed by atoms with Crippen LogP contribution < -0.4 is 0 Å². The molecule has 2 nitrogen and oxygen atoms in total. The van der Waals surface area contributed by atoms with Gasteiger partial charge in [-0.05, 0) is 19.9 Å². The van der Waals surface area contributed by atoms with E-state index in [1.807, 2.05) is 18.0 Å². The summed E-state index contributed by atoms with van der Waals surface area (Å²) in [5.74, 6) is 0.0844. The summed E-state index contributed by atoms with van der Waals surface area (Å²) in [6.45, 7) is 7.68. The molecule has 0 unspecified atom stereocenters. The van der Waals surface area contributed by atoms with E-state index in [4.69, 9.17) is 0 Å². The fourth-order valence-electron chi connectivity index (χ4n) is 0.923. The molecule has 0 saturated heterocycles. The maximum atomic E-state index is 11.1. The Bertz CT molecular complexity index is 238. The highest BCUT2D eigenvalue weighted by atomic mass is 16.1. The first-order valence-corrected chi connectivity index (χ1v) is 3.72. The predicted molar refractivity (Wildman–Crippen MR) is 45.1 cm³/mol. The molecule has 0 N–H and O–H groups in total. The van der Waals surface area contributed by atoms with E-state index < -0.39 is 0 Å². The van der Waals surface area contributed by atoms with Gasteiger partial charge >= 0.3 is 0 Å². The van der Waals surface area contributed by atoms with Gasteiger partial charge in [0.1, 0.15) is 0 Å². The van der Waals surface area contributed by atoms with E-state index in [2.05, 4.69) is 20.4 Å². The van der Waals surface area contributed by atoms with Crippen molar-refractivity contribution in [2.45, 2.75) is 19.9 Å². The molecule has 1 rings (SSSR count). The average Bonchev–Trinajstić information content (AvgIpc) is 1.98. The van der Waals surface area contributed by atoms with Crippen LogP contribution in [0.25, 0.3) is 0 Å². The van der Waals surface area contributed by atoms with E-state index >= 15 is 0 Å². The highest BCUT2D eigenvalue weighted by molar-refractivity contribution is 6.16. The van der Waals surface area contributed by atoms with E-state index in [0.717, 1.165) is 5.70 Å². The standard InChI is InChI=1S/C9H13NO/c1-6(2)10(4)8-5-7(3)9(8)11/h5-6H,3H2,1-2,4H3. The molecule has 0 saturated carbocycles. The van der Waals surface area contributed by atoms with Crippen LogP contribution in [0, 0.1) is 0 Å². The van der Waals surface area contributed by atoms with E-state index in [-0.39, 0.29) is 5.78 Å². The summed E-state index contributed by atoms with van der Waals surface area (Å²) in [7, 11) is 1.92. The molecule has 0 aromatic carbocycles. The monoisotopic (exact) mass is 151 g/mol. The predicted octanol–water partition coefficient (Wildman–Crippen LogP) is 1.35. The lowest BCUT2D eigenvalue weighted by Gasteiger charge is -2.30. The zero-order valence-corrected chi connectivity index (χ0v) is 7.22. The van der Waals surface area contributed by atoms with Crippen molar-refractivity contribution in [3.63, 3.8) is 0 Å². The molecular weight excluding hydrogens is 138 g/mol. The number of ketones is 1. The second-order valence-corrected chi connectivity index (χ2v) is 3.09. The van der Waals surface area contributed by atoms with E-state index in [9.17, 15) is 4.79 Å². The van der Waals surface area contributed by atoms with Gasteiger partial charge in [0.05, 0.1) is 5.70 Å². The molecule has 0 heterocycles. The van der Waals surface area contributed by atoms with E-state index in [0.29, 0.717) is 11.6 Å². The van der Waals surface area contributed by atoms with Crippen LogP contribution in [0.1, 0.15) is 13.8 Å². The Labute approximate surface area is 67.2 Å². The molecule has 0 aromatic heterocycles. The number of hydrogen-bond acceptors (Lipinski definition) is 2. The van der Waals surface area contributed by atoms with Crippen LogP contribution in [-0.2, 0) is 4.79 Å². The van der Waals surface area contributed by atoms with Gasteiger partial charge in [-0.2, -0.15) is 0 Å². The zero-order chi connectivity index (χ0) is 8.59. The Morgan fingerprint density at radius 3 is 2.36 bits per heavy atom. The molecule has 0 spiro atoms. The Morgan fingerprint density at radius 2 is 2.09 bits per heavy atom. The first-order valence-electron chi connectivity index (χ1n) is 3.72. The molecule has 0 aromatic rings. The quantitative estimate of drug-likeness (QED) is 0.555. The molecular formula is C9H13NO. The molecule has 1 aliphatic rings. The highest BCUT2D eigenvalue weighted by Gasteiger charge is 2.25. The third-order valence-electron chi connectivity index (χ3n) is 1.99. The average molecular weight is 151 g/mol. The molecule has 0 bridgehead atoms. The van der Waals surface area contributed by atoms with E-state index in [1.54, 1.807) is 0 Å². The van der Waals surface area contributed by atoms with Crippen LogP contribution in [0.5, 0.6) is 0 Å². The topological polar surface area (TPSA) is 20.3 Å². The minimum Gasteiger partial charge on any atom is -0.369 e. The summed E-state index contributed by atoms with van der Waals surface area (Å²) < 4.78 is 0. The Hall–Kier alpha value is -1.05. The Morgan fingerprint density at radius 1 is 1.55 bits per heavy atom. The normalized spacial score (nSPS) is 16.5. The number of carbonyl (C=O) groups excluding carboxylic acids is 1. The van der Waals surface area contributed by atoms with Gasteiger partial charge < -0.3 is 4.90 Å². The van der Waals surface area contributed by atoms with Gasteiger partial charge in [-0.15, -0.1) is 0 Å². The van der Waals surface area contributed by atoms with Gasteiger partial charge in [-0.3, -0.25) is 4.79 Å². The number of carbonyl (C=O) groups is 1. The van der Waals surface area contributed by atoms with Gasteiger partial charge in [0.25, 0.3) is 0 Å². The number of hydrogen-bond donors (Lipinski definition) is 0. The van der Waals surface area contributed by atoms with Crippen LogP contribution in [0.15, 0.2) is 23.9 Å². The van der Waals surface area contributed by atoms with Gasteiger partial charge in [0, 0.05) is 18.7 Å². The van der Waals surface area contributed by atoms with Gasteiger partial charge in [-0.1, -0.05) is 6.58 Å². The summed E-state index contributed by atoms with van der Waals surface area (Å²) >= 11 is 0. The summed E-state index contributed by atoms with van der Waals surface area (Å²) in [5, 5.41) is 0. The van der Waals surface area contributed by atoms with Crippen molar-refractivity contribution in [1.82, 2.24) is 4.90 Å². The lowest BCUT2D eigenvalue weighted by atomic mass is 9.97. The van der Waals surface area contributed by atoms with Crippen LogP contribution in [0.4, 0.5) is 0 Å². The van der Waals surface area contributed by atoms with Crippen molar-refractivity contribution in [3.05, 3.63) is 23.9 Å². The minimum absolute atomic E-state index is 0.0844. The van der Waals surface area contributed by atoms with Crippen molar-refractivity contribution < 1.29 is 4.79 Å². The molecule has 2 heteroatoms. The zero-order valence-electron chi connectivity index (χ0n) is 7.22. The van der Waals surface area contributed by atoms with Gasteiger partial charge in [-0.25, -0.2) is 0 Å². The second kappa shape index (κ2) is 2.53. The minimum atomic E-state index is 0.0844. The van der Waals surface area contributed by atoms with Crippen LogP contribution in [0.3, 0.4) is 0 Å². The highest BCUT2D eigenvalue weighted by Crippen LogP contribution is 2.22. The van der Waals surface area contributed by atoms with Gasteiger partial charge in [0.2, 0.25) is 5.78 Å². The number of rotatable bonds is 2. The molecule has 60 valence electrons. The molecule has 0 radical (unpaired) electrons. The van der Waals surface area contributed by atoms with Crippen LogP contribution >= 0.6 is 0 Å². The molecule has 1 aliphatic carbocycles. The van der Waals surface area contributed by atoms with Gasteiger partial charge in [0.15, 0.2) is 0 Å². The van der Waals surface area contributed by atoms with Crippen molar-refractivity contribution >= 4 is 5.78 Å². The fourth-order valence-corrected chi connectivity index (χ4v) is 0.923. The number of allylic oxidation sites excluding steroid dienone is 2. The summed E-state index contributed by atoms with van der Waals surface area (Å²) in [6, 6.07) is 0.373. The van der Waals surface area contributed by atoms with Crippen molar-refractivity contribution in [2.24, 2.45) is 0 Å². The van der Waals surface area contributed by atoms with E-state index in [1.165, 1.54) is 0 Å². The molecule has 11 heavy (non-hydrogen) atoms. The Balaban J connectivity index is 2.72. The number of nitrogens with zero attached hydrogens (tertiary/aromatic N) is 1. The summed E-state index contributed by atoms with van der Waals surface area (Å²) in [6.07, 6.45) is 1.82. The largest absolute Gasteiger partial charge is 0.369 e. The SMILES string of the molecule is C=C1C=C(N(C)C(C)C)C1=O. The second-order valence-electron chi connectivity index (χ2n) is 3.09. The summed E-state index contributed by atoms with van der Waals surface area (Å²) in [5.41, 5.74) is 1.40. The maximum absolute atomic E-state index is 11.1. The van der Waals surface area contributed by atoms with Crippen LogP contribution in [0.2, 0.25) is 0 Å². The van der Waals surface area contributed by atoms with Crippen molar-refractivity contribution in [1.29, 1.82) is 0 Å². The third kappa shape index (κ3) is 1.20. The first-order chi connectivity index (χ1) is 5.04. The summed E-state index contributed by atoms with van der Waals surface area (Å²) in [4.78, 5) is 13.1. The van der Waals surface area contributed by atoms with Crippen LogP contribution in [-0.4, -0.2) is 23.8 Å². The first kappa shape index (κ1) is 8.05. The lowest BCUT2D eigenvalue weighted by molar-refractivity contribution is -0.114. The van der Waals surface area contributed by atoms with Crippen molar-refractivity contribution in [3.8, 4) is 0 Å². The fraction of sp³-hybridized carbons (Fsp3) is 0.444. The number of Topliss-reactive ketones (excluding diaryl/α,β-unsaturated/α-hetero) is 1.